The van der Waals surface area contributed by atoms with E-state index in [4.69, 9.17) is 4.74 Å². The molecular formula is C22H13N3O2S. The van der Waals surface area contributed by atoms with E-state index in [-0.39, 0.29) is 5.56 Å². The van der Waals surface area contributed by atoms with Crippen LogP contribution in [0.2, 0.25) is 0 Å². The Morgan fingerprint density at radius 2 is 1.86 bits per heavy atom. The largest absolute Gasteiger partial charge is 0.497 e. The summed E-state index contributed by atoms with van der Waals surface area (Å²) in [7, 11) is 1.64. The van der Waals surface area contributed by atoms with Crippen molar-refractivity contribution in [3.05, 3.63) is 82.4 Å². The molecule has 4 aromatic heterocycles. The Morgan fingerprint density at radius 3 is 2.68 bits per heavy atom. The third kappa shape index (κ3) is 2.70. The highest BCUT2D eigenvalue weighted by Gasteiger charge is 2.13. The van der Waals surface area contributed by atoms with Crippen LogP contribution in [0, 0.1) is 11.8 Å². The Labute approximate surface area is 163 Å². The Morgan fingerprint density at radius 1 is 1.04 bits per heavy atom. The van der Waals surface area contributed by atoms with Gasteiger partial charge in [0, 0.05) is 23.5 Å². The van der Waals surface area contributed by atoms with Crippen LogP contribution in [0.15, 0.2) is 65.7 Å². The predicted molar refractivity (Wildman–Crippen MR) is 111 cm³/mol. The first-order valence-electron chi connectivity index (χ1n) is 8.59. The van der Waals surface area contributed by atoms with Crippen molar-refractivity contribution >= 4 is 37.4 Å². The lowest BCUT2D eigenvalue weighted by molar-refractivity contribution is 0.415. The summed E-state index contributed by atoms with van der Waals surface area (Å²) in [6.45, 7) is 0. The fourth-order valence-electron chi connectivity index (χ4n) is 3.02. The highest BCUT2D eigenvalue weighted by molar-refractivity contribution is 7.25. The molecule has 5 aromatic rings. The lowest BCUT2D eigenvalue weighted by Crippen LogP contribution is -2.13. The fourth-order valence-corrected chi connectivity index (χ4v) is 4.10. The molecule has 0 atom stereocenters. The summed E-state index contributed by atoms with van der Waals surface area (Å²) in [4.78, 5) is 21.9. The molecule has 0 bridgehead atoms. The summed E-state index contributed by atoms with van der Waals surface area (Å²) in [5.41, 5.74) is 3.60. The molecule has 0 radical (unpaired) electrons. The van der Waals surface area contributed by atoms with Crippen molar-refractivity contribution in [1.29, 1.82) is 0 Å². The van der Waals surface area contributed by atoms with Crippen molar-refractivity contribution in [3.8, 4) is 17.6 Å². The summed E-state index contributed by atoms with van der Waals surface area (Å²) in [5, 5.41) is 0. The molecule has 28 heavy (non-hydrogen) atoms. The first-order valence-corrected chi connectivity index (χ1v) is 9.40. The highest BCUT2D eigenvalue weighted by atomic mass is 32.1. The molecule has 0 aliphatic carbocycles. The van der Waals surface area contributed by atoms with Crippen molar-refractivity contribution in [2.45, 2.75) is 0 Å². The molecule has 0 aliphatic heterocycles. The number of fused-ring (bicyclic) bond motifs is 4. The van der Waals surface area contributed by atoms with Gasteiger partial charge in [-0.25, -0.2) is 4.98 Å². The average molecular weight is 383 g/mol. The highest BCUT2D eigenvalue weighted by Crippen LogP contribution is 2.29. The summed E-state index contributed by atoms with van der Waals surface area (Å²) in [6, 6.07) is 15.0. The number of nitrogens with zero attached hydrogens (tertiary/aromatic N) is 3. The SMILES string of the molecule is COc1ccc(C#Cc2cnc3c(c2)sc2c(=O)n4ccccc4nc23)cc1. The lowest BCUT2D eigenvalue weighted by atomic mass is 10.2. The van der Waals surface area contributed by atoms with E-state index in [1.165, 1.54) is 11.3 Å². The predicted octanol–water partition coefficient (Wildman–Crippen LogP) is 3.87. The van der Waals surface area contributed by atoms with Gasteiger partial charge < -0.3 is 4.74 Å². The van der Waals surface area contributed by atoms with Crippen molar-refractivity contribution in [1.82, 2.24) is 14.4 Å². The molecule has 5 rings (SSSR count). The Hall–Kier alpha value is -3.69. The van der Waals surface area contributed by atoms with Crippen LogP contribution < -0.4 is 10.3 Å². The van der Waals surface area contributed by atoms with E-state index in [2.05, 4.69) is 21.8 Å². The van der Waals surface area contributed by atoms with Crippen LogP contribution in [0.5, 0.6) is 5.75 Å². The minimum Gasteiger partial charge on any atom is -0.497 e. The van der Waals surface area contributed by atoms with Crippen LogP contribution in [0.3, 0.4) is 0 Å². The maximum absolute atomic E-state index is 12.8. The minimum absolute atomic E-state index is 0.0746. The van der Waals surface area contributed by atoms with Gasteiger partial charge in [0.15, 0.2) is 0 Å². The molecule has 4 heterocycles. The van der Waals surface area contributed by atoms with E-state index in [9.17, 15) is 4.79 Å². The van der Waals surface area contributed by atoms with Gasteiger partial charge in [-0.05, 0) is 42.5 Å². The second-order valence-electron chi connectivity index (χ2n) is 6.17. The normalized spacial score (nSPS) is 10.9. The van der Waals surface area contributed by atoms with Crippen LogP contribution in [0.1, 0.15) is 11.1 Å². The number of pyridine rings is 2. The van der Waals surface area contributed by atoms with Gasteiger partial charge in [0.2, 0.25) is 0 Å². The number of aromatic nitrogens is 3. The van der Waals surface area contributed by atoms with E-state index in [1.54, 1.807) is 23.9 Å². The number of ether oxygens (including phenoxy) is 1. The van der Waals surface area contributed by atoms with Crippen molar-refractivity contribution in [2.75, 3.05) is 7.11 Å². The zero-order valence-corrected chi connectivity index (χ0v) is 15.7. The van der Waals surface area contributed by atoms with E-state index in [0.29, 0.717) is 15.9 Å². The molecule has 0 fully saturated rings. The molecule has 0 saturated carbocycles. The van der Waals surface area contributed by atoms with Gasteiger partial charge in [-0.3, -0.25) is 14.2 Å². The monoisotopic (exact) mass is 383 g/mol. The van der Waals surface area contributed by atoms with Crippen LogP contribution in [-0.2, 0) is 0 Å². The molecule has 0 saturated heterocycles. The van der Waals surface area contributed by atoms with Gasteiger partial charge in [-0.15, -0.1) is 11.3 Å². The second kappa shape index (κ2) is 6.48. The topological polar surface area (TPSA) is 56.5 Å². The molecule has 134 valence electrons. The molecule has 0 unspecified atom stereocenters. The number of rotatable bonds is 1. The zero-order chi connectivity index (χ0) is 19.1. The zero-order valence-electron chi connectivity index (χ0n) is 14.8. The van der Waals surface area contributed by atoms with Crippen molar-refractivity contribution in [3.63, 3.8) is 0 Å². The number of hydrogen-bond donors (Lipinski definition) is 0. The van der Waals surface area contributed by atoms with Gasteiger partial charge in [0.25, 0.3) is 5.56 Å². The lowest BCUT2D eigenvalue weighted by Gasteiger charge is -1.98. The number of benzene rings is 1. The molecular weight excluding hydrogens is 370 g/mol. The molecule has 0 N–H and O–H groups in total. The van der Waals surface area contributed by atoms with Gasteiger partial charge in [0.1, 0.15) is 27.1 Å². The maximum atomic E-state index is 12.8. The Kier molecular flexibility index (Phi) is 3.81. The van der Waals surface area contributed by atoms with Crippen LogP contribution in [0.4, 0.5) is 0 Å². The number of methoxy groups -OCH3 is 1. The van der Waals surface area contributed by atoms with E-state index >= 15 is 0 Å². The first-order chi connectivity index (χ1) is 13.7. The second-order valence-corrected chi connectivity index (χ2v) is 7.23. The molecule has 6 heteroatoms. The quantitative estimate of drug-likeness (QED) is 0.413. The number of thiophene rings is 1. The van der Waals surface area contributed by atoms with Crippen LogP contribution >= 0.6 is 11.3 Å². The van der Waals surface area contributed by atoms with Gasteiger partial charge in [-0.2, -0.15) is 0 Å². The number of hydrogen-bond acceptors (Lipinski definition) is 5. The van der Waals surface area contributed by atoms with E-state index < -0.39 is 0 Å². The van der Waals surface area contributed by atoms with Crippen molar-refractivity contribution < 1.29 is 4.74 Å². The average Bonchev–Trinajstić information content (AvgIpc) is 3.11. The molecule has 0 aliphatic rings. The first kappa shape index (κ1) is 16.5. The Bertz CT molecular complexity index is 1470. The fraction of sp³-hybridized carbons (Fsp3) is 0.0455. The van der Waals surface area contributed by atoms with Crippen LogP contribution in [-0.4, -0.2) is 21.5 Å². The summed E-state index contributed by atoms with van der Waals surface area (Å²) < 4.78 is 8.22. The summed E-state index contributed by atoms with van der Waals surface area (Å²) >= 11 is 1.40. The standard InChI is InChI=1S/C22H13N3O2S/c1-27-16-9-7-14(8-10-16)5-6-15-12-17-19(23-13-15)20-21(28-17)22(26)25-11-3-2-4-18(25)24-20/h2-4,7-13H,1H3. The Balaban J connectivity index is 1.62. The maximum Gasteiger partial charge on any atom is 0.275 e. The summed E-state index contributed by atoms with van der Waals surface area (Å²) in [6.07, 6.45) is 3.45. The molecule has 1 aromatic carbocycles. The van der Waals surface area contributed by atoms with Gasteiger partial charge in [-0.1, -0.05) is 17.9 Å². The van der Waals surface area contributed by atoms with E-state index in [0.717, 1.165) is 27.1 Å². The third-order valence-electron chi connectivity index (χ3n) is 4.42. The van der Waals surface area contributed by atoms with E-state index in [1.807, 2.05) is 48.5 Å². The van der Waals surface area contributed by atoms with Gasteiger partial charge in [0.05, 0.1) is 11.8 Å². The molecule has 0 amide bonds. The minimum atomic E-state index is -0.0746. The van der Waals surface area contributed by atoms with Crippen molar-refractivity contribution in [2.24, 2.45) is 0 Å². The third-order valence-corrected chi connectivity index (χ3v) is 5.53. The summed E-state index contributed by atoms with van der Waals surface area (Å²) in [5.74, 6) is 7.05. The van der Waals surface area contributed by atoms with Crippen LogP contribution in [0.25, 0.3) is 26.1 Å². The molecule has 0 spiro atoms. The van der Waals surface area contributed by atoms with Gasteiger partial charge >= 0.3 is 0 Å². The smallest absolute Gasteiger partial charge is 0.275 e. The molecule has 5 nitrogen and oxygen atoms in total.